The molecule has 2 rings (SSSR count). The summed E-state index contributed by atoms with van der Waals surface area (Å²) in [4.78, 5) is 13.2. The SMILES string of the molecule is Cc1nn(CC(C)C)c(C)c1CC(=O)NCC(C)(O)c1cccs1. The Morgan fingerprint density at radius 1 is 1.46 bits per heavy atom. The van der Waals surface area contributed by atoms with Crippen molar-refractivity contribution in [2.45, 2.75) is 53.2 Å². The molecule has 2 aromatic rings. The summed E-state index contributed by atoms with van der Waals surface area (Å²) in [7, 11) is 0. The fraction of sp³-hybridized carbons (Fsp3) is 0.556. The fourth-order valence-corrected chi connectivity index (χ4v) is 3.47. The number of carbonyl (C=O) groups is 1. The Morgan fingerprint density at radius 3 is 2.75 bits per heavy atom. The van der Waals surface area contributed by atoms with Crippen molar-refractivity contribution in [3.05, 3.63) is 39.3 Å². The van der Waals surface area contributed by atoms with Gasteiger partial charge >= 0.3 is 0 Å². The van der Waals surface area contributed by atoms with Gasteiger partial charge in [0, 0.05) is 22.7 Å². The third kappa shape index (κ3) is 4.45. The molecule has 2 N–H and O–H groups in total. The molecule has 0 aromatic carbocycles. The third-order valence-electron chi connectivity index (χ3n) is 4.09. The van der Waals surface area contributed by atoms with Crippen molar-refractivity contribution in [2.24, 2.45) is 5.92 Å². The third-order valence-corrected chi connectivity index (χ3v) is 5.21. The number of thiophene rings is 1. The molecule has 0 saturated heterocycles. The van der Waals surface area contributed by atoms with Gasteiger partial charge < -0.3 is 10.4 Å². The Morgan fingerprint density at radius 2 is 2.17 bits per heavy atom. The summed E-state index contributed by atoms with van der Waals surface area (Å²) in [6.07, 6.45) is 0.288. The van der Waals surface area contributed by atoms with Crippen molar-refractivity contribution in [1.29, 1.82) is 0 Å². The summed E-state index contributed by atoms with van der Waals surface area (Å²) in [6.45, 7) is 11.0. The minimum absolute atomic E-state index is 0.0953. The van der Waals surface area contributed by atoms with Gasteiger partial charge in [0.2, 0.25) is 5.91 Å². The number of nitrogens with zero attached hydrogens (tertiary/aromatic N) is 2. The van der Waals surface area contributed by atoms with Crippen LogP contribution in [0.25, 0.3) is 0 Å². The van der Waals surface area contributed by atoms with Crippen LogP contribution in [0.4, 0.5) is 0 Å². The van der Waals surface area contributed by atoms with Crippen molar-refractivity contribution in [1.82, 2.24) is 15.1 Å². The lowest BCUT2D eigenvalue weighted by molar-refractivity contribution is -0.121. The maximum absolute atomic E-state index is 12.3. The van der Waals surface area contributed by atoms with E-state index in [9.17, 15) is 9.90 Å². The van der Waals surface area contributed by atoms with E-state index in [1.165, 1.54) is 11.3 Å². The van der Waals surface area contributed by atoms with E-state index >= 15 is 0 Å². The first-order chi connectivity index (χ1) is 11.2. The van der Waals surface area contributed by atoms with Crippen LogP contribution in [0.1, 0.15) is 42.6 Å². The molecule has 0 saturated carbocycles. The molecule has 132 valence electrons. The van der Waals surface area contributed by atoms with E-state index < -0.39 is 5.60 Å². The van der Waals surface area contributed by atoms with Crippen LogP contribution in [0.15, 0.2) is 17.5 Å². The van der Waals surface area contributed by atoms with E-state index in [0.29, 0.717) is 5.92 Å². The molecule has 1 unspecified atom stereocenters. The number of aryl methyl sites for hydroxylation is 1. The van der Waals surface area contributed by atoms with Crippen LogP contribution < -0.4 is 5.32 Å². The van der Waals surface area contributed by atoms with E-state index in [0.717, 1.165) is 28.4 Å². The van der Waals surface area contributed by atoms with E-state index in [2.05, 4.69) is 24.3 Å². The van der Waals surface area contributed by atoms with Gasteiger partial charge in [-0.1, -0.05) is 19.9 Å². The predicted octanol–water partition coefficient (Wildman–Crippen LogP) is 2.78. The first-order valence-electron chi connectivity index (χ1n) is 8.26. The quantitative estimate of drug-likeness (QED) is 0.808. The topological polar surface area (TPSA) is 67.2 Å². The summed E-state index contributed by atoms with van der Waals surface area (Å²) in [5, 5.41) is 19.8. The molecule has 5 nitrogen and oxygen atoms in total. The lowest BCUT2D eigenvalue weighted by Crippen LogP contribution is -2.38. The maximum Gasteiger partial charge on any atom is 0.224 e. The van der Waals surface area contributed by atoms with Crippen LogP contribution >= 0.6 is 11.3 Å². The van der Waals surface area contributed by atoms with Crippen molar-refractivity contribution in [3.8, 4) is 0 Å². The van der Waals surface area contributed by atoms with Gasteiger partial charge in [0.1, 0.15) is 5.60 Å². The Labute approximate surface area is 147 Å². The zero-order chi connectivity index (χ0) is 17.9. The zero-order valence-corrected chi connectivity index (χ0v) is 15.9. The molecule has 2 heterocycles. The van der Waals surface area contributed by atoms with Gasteiger partial charge in [0.05, 0.1) is 18.7 Å². The van der Waals surface area contributed by atoms with Gasteiger partial charge in [-0.15, -0.1) is 11.3 Å². The highest BCUT2D eigenvalue weighted by Gasteiger charge is 2.25. The van der Waals surface area contributed by atoms with Crippen molar-refractivity contribution < 1.29 is 9.90 Å². The average Bonchev–Trinajstić information content (AvgIpc) is 3.10. The standard InChI is InChI=1S/C18H27N3O2S/c1-12(2)10-21-14(4)15(13(3)20-21)9-17(22)19-11-18(5,23)16-7-6-8-24-16/h6-8,12,23H,9-11H2,1-5H3,(H,19,22). The van der Waals surface area contributed by atoms with Gasteiger partial charge in [0.25, 0.3) is 0 Å². The number of amides is 1. The average molecular weight is 350 g/mol. The molecule has 0 fully saturated rings. The first-order valence-corrected chi connectivity index (χ1v) is 9.14. The second-order valence-electron chi connectivity index (χ2n) is 6.93. The molecule has 2 aromatic heterocycles. The summed E-state index contributed by atoms with van der Waals surface area (Å²) in [5.74, 6) is 0.410. The molecule has 0 aliphatic heterocycles. The number of carbonyl (C=O) groups excluding carboxylic acids is 1. The highest BCUT2D eigenvalue weighted by Crippen LogP contribution is 2.24. The molecular formula is C18H27N3O2S. The predicted molar refractivity (Wildman–Crippen MR) is 97.1 cm³/mol. The maximum atomic E-state index is 12.3. The summed E-state index contributed by atoms with van der Waals surface area (Å²) in [5.41, 5.74) is 1.87. The molecule has 0 spiro atoms. The van der Waals surface area contributed by atoms with E-state index in [-0.39, 0.29) is 18.9 Å². The molecular weight excluding hydrogens is 322 g/mol. The van der Waals surface area contributed by atoms with Crippen LogP contribution in [-0.2, 0) is 23.4 Å². The first kappa shape index (κ1) is 18.7. The summed E-state index contributed by atoms with van der Waals surface area (Å²) >= 11 is 1.48. The van der Waals surface area contributed by atoms with Gasteiger partial charge in [0.15, 0.2) is 0 Å². The number of hydrogen-bond donors (Lipinski definition) is 2. The molecule has 0 aliphatic carbocycles. The van der Waals surface area contributed by atoms with E-state index in [1.54, 1.807) is 6.92 Å². The van der Waals surface area contributed by atoms with Crippen LogP contribution in [0.5, 0.6) is 0 Å². The Hall–Kier alpha value is -1.66. The van der Waals surface area contributed by atoms with Gasteiger partial charge in [-0.25, -0.2) is 0 Å². The van der Waals surface area contributed by atoms with Crippen molar-refractivity contribution >= 4 is 17.2 Å². The smallest absolute Gasteiger partial charge is 0.224 e. The van der Waals surface area contributed by atoms with E-state index in [1.807, 2.05) is 36.0 Å². The number of aromatic nitrogens is 2. The molecule has 0 aliphatic rings. The lowest BCUT2D eigenvalue weighted by Gasteiger charge is -2.22. The summed E-state index contributed by atoms with van der Waals surface area (Å²) in [6, 6.07) is 3.77. The molecule has 0 bridgehead atoms. The van der Waals surface area contributed by atoms with Gasteiger partial charge in [-0.2, -0.15) is 5.10 Å². The Kier molecular flexibility index (Phi) is 5.83. The highest BCUT2D eigenvalue weighted by molar-refractivity contribution is 7.10. The van der Waals surface area contributed by atoms with Crippen LogP contribution in [0.2, 0.25) is 0 Å². The van der Waals surface area contributed by atoms with Crippen LogP contribution in [0, 0.1) is 19.8 Å². The number of aliphatic hydroxyl groups is 1. The molecule has 1 amide bonds. The Balaban J connectivity index is 1.99. The highest BCUT2D eigenvalue weighted by atomic mass is 32.1. The van der Waals surface area contributed by atoms with E-state index in [4.69, 9.17) is 0 Å². The van der Waals surface area contributed by atoms with Gasteiger partial charge in [-0.05, 0) is 38.1 Å². The molecule has 0 radical (unpaired) electrons. The number of rotatable bonds is 7. The lowest BCUT2D eigenvalue weighted by atomic mass is 10.0. The van der Waals surface area contributed by atoms with Crippen LogP contribution in [-0.4, -0.2) is 27.3 Å². The molecule has 6 heteroatoms. The fourth-order valence-electron chi connectivity index (χ4n) is 2.68. The monoisotopic (exact) mass is 349 g/mol. The number of hydrogen-bond acceptors (Lipinski definition) is 4. The minimum atomic E-state index is -1.05. The number of nitrogens with one attached hydrogen (secondary N) is 1. The molecule has 24 heavy (non-hydrogen) atoms. The van der Waals surface area contributed by atoms with Crippen LogP contribution in [0.3, 0.4) is 0 Å². The molecule has 1 atom stereocenters. The Bertz CT molecular complexity index is 687. The normalized spacial score (nSPS) is 14.0. The van der Waals surface area contributed by atoms with Crippen molar-refractivity contribution in [2.75, 3.05) is 6.54 Å². The summed E-state index contributed by atoms with van der Waals surface area (Å²) < 4.78 is 1.98. The zero-order valence-electron chi connectivity index (χ0n) is 15.1. The second-order valence-corrected chi connectivity index (χ2v) is 7.88. The minimum Gasteiger partial charge on any atom is -0.383 e. The van der Waals surface area contributed by atoms with Crippen molar-refractivity contribution in [3.63, 3.8) is 0 Å². The second kappa shape index (κ2) is 7.49. The van der Waals surface area contributed by atoms with Gasteiger partial charge in [-0.3, -0.25) is 9.48 Å². The largest absolute Gasteiger partial charge is 0.383 e.